The van der Waals surface area contributed by atoms with Crippen molar-refractivity contribution in [3.63, 3.8) is 0 Å². The zero-order valence-corrected chi connectivity index (χ0v) is 16.8. The molecule has 0 aromatic rings. The molecule has 2 N–H and O–H groups in total. The fourth-order valence-corrected chi connectivity index (χ4v) is 3.73. The van der Waals surface area contributed by atoms with Crippen molar-refractivity contribution in [2.75, 3.05) is 65.6 Å². The van der Waals surface area contributed by atoms with Crippen molar-refractivity contribution in [1.82, 2.24) is 20.4 Å². The normalized spacial score (nSPS) is 24.3. The van der Waals surface area contributed by atoms with Crippen LogP contribution in [0.1, 0.15) is 40.5 Å². The predicted octanol–water partition coefficient (Wildman–Crippen LogP) is 1.38. The molecule has 0 aliphatic carbocycles. The second-order valence-electron chi connectivity index (χ2n) is 7.89. The molecule has 1 unspecified atom stereocenters. The first kappa shape index (κ1) is 20.5. The van der Waals surface area contributed by atoms with Crippen LogP contribution in [-0.2, 0) is 4.74 Å². The van der Waals surface area contributed by atoms with Gasteiger partial charge in [-0.3, -0.25) is 9.89 Å². The van der Waals surface area contributed by atoms with Gasteiger partial charge >= 0.3 is 0 Å². The number of guanidine groups is 1. The van der Waals surface area contributed by atoms with E-state index in [9.17, 15) is 0 Å². The van der Waals surface area contributed by atoms with Gasteiger partial charge < -0.3 is 20.3 Å². The van der Waals surface area contributed by atoms with Gasteiger partial charge in [-0.2, -0.15) is 0 Å². The average molecular weight is 354 g/mol. The number of hydrogen-bond donors (Lipinski definition) is 2. The van der Waals surface area contributed by atoms with Crippen LogP contribution in [0.15, 0.2) is 4.99 Å². The average Bonchev–Trinajstić information content (AvgIpc) is 2.65. The van der Waals surface area contributed by atoms with Crippen molar-refractivity contribution in [3.8, 4) is 0 Å². The fraction of sp³-hybridized carbons (Fsp3) is 0.947. The molecule has 0 radical (unpaired) electrons. The van der Waals surface area contributed by atoms with Crippen molar-refractivity contribution >= 4 is 5.96 Å². The van der Waals surface area contributed by atoms with Gasteiger partial charge in [0.15, 0.2) is 5.96 Å². The van der Waals surface area contributed by atoms with Crippen molar-refractivity contribution in [2.24, 2.45) is 10.9 Å². The van der Waals surface area contributed by atoms with Gasteiger partial charge in [-0.1, -0.05) is 6.92 Å². The third kappa shape index (κ3) is 6.76. The van der Waals surface area contributed by atoms with Gasteiger partial charge in [-0.05, 0) is 52.6 Å². The second kappa shape index (κ2) is 10.3. The molecule has 0 saturated carbocycles. The van der Waals surface area contributed by atoms with Gasteiger partial charge in [0.2, 0.25) is 0 Å². The molecule has 6 nitrogen and oxygen atoms in total. The summed E-state index contributed by atoms with van der Waals surface area (Å²) in [6.45, 7) is 19.0. The van der Waals surface area contributed by atoms with E-state index >= 15 is 0 Å². The maximum Gasteiger partial charge on any atom is 0.191 e. The van der Waals surface area contributed by atoms with Crippen LogP contribution in [0.5, 0.6) is 0 Å². The molecule has 146 valence electrons. The van der Waals surface area contributed by atoms with E-state index in [2.05, 4.69) is 48.1 Å². The Kier molecular flexibility index (Phi) is 8.46. The van der Waals surface area contributed by atoms with Gasteiger partial charge in [0, 0.05) is 38.3 Å². The predicted molar refractivity (Wildman–Crippen MR) is 105 cm³/mol. The Morgan fingerprint density at radius 1 is 1.16 bits per heavy atom. The summed E-state index contributed by atoms with van der Waals surface area (Å²) >= 11 is 0. The Balaban J connectivity index is 1.84. The Hall–Kier alpha value is -0.850. The van der Waals surface area contributed by atoms with Gasteiger partial charge in [-0.15, -0.1) is 0 Å². The highest BCUT2D eigenvalue weighted by atomic mass is 16.5. The monoisotopic (exact) mass is 353 g/mol. The first-order valence-corrected chi connectivity index (χ1v) is 10.1. The number of piperidine rings is 1. The van der Waals surface area contributed by atoms with Crippen LogP contribution in [0.4, 0.5) is 0 Å². The van der Waals surface area contributed by atoms with Gasteiger partial charge in [0.25, 0.3) is 0 Å². The van der Waals surface area contributed by atoms with Crippen LogP contribution < -0.4 is 10.6 Å². The third-order valence-corrected chi connectivity index (χ3v) is 5.44. The first-order valence-electron chi connectivity index (χ1n) is 10.1. The minimum Gasteiger partial charge on any atom is -0.379 e. The molecule has 0 aromatic carbocycles. The van der Waals surface area contributed by atoms with Crippen LogP contribution >= 0.6 is 0 Å². The van der Waals surface area contributed by atoms with Gasteiger partial charge in [-0.25, -0.2) is 0 Å². The lowest BCUT2D eigenvalue weighted by Gasteiger charge is -2.40. The smallest absolute Gasteiger partial charge is 0.191 e. The van der Waals surface area contributed by atoms with E-state index in [1.165, 1.54) is 32.5 Å². The van der Waals surface area contributed by atoms with Crippen molar-refractivity contribution in [2.45, 2.75) is 46.1 Å². The molecular weight excluding hydrogens is 314 g/mol. The van der Waals surface area contributed by atoms with Crippen LogP contribution in [0, 0.1) is 5.92 Å². The number of nitrogens with zero attached hydrogens (tertiary/aromatic N) is 3. The molecule has 2 aliphatic heterocycles. The summed E-state index contributed by atoms with van der Waals surface area (Å²) < 4.78 is 5.48. The zero-order valence-electron chi connectivity index (χ0n) is 16.8. The summed E-state index contributed by atoms with van der Waals surface area (Å²) in [6, 6.07) is 0. The molecule has 0 bridgehead atoms. The Bertz CT molecular complexity index is 407. The van der Waals surface area contributed by atoms with E-state index in [0.717, 1.165) is 57.8 Å². The zero-order chi connectivity index (χ0) is 18.1. The van der Waals surface area contributed by atoms with Crippen LogP contribution in [0.25, 0.3) is 0 Å². The highest BCUT2D eigenvalue weighted by Crippen LogP contribution is 2.17. The minimum absolute atomic E-state index is 0.0655. The maximum absolute atomic E-state index is 5.48. The van der Waals surface area contributed by atoms with E-state index < -0.39 is 0 Å². The van der Waals surface area contributed by atoms with E-state index in [4.69, 9.17) is 9.73 Å². The third-order valence-electron chi connectivity index (χ3n) is 5.44. The summed E-state index contributed by atoms with van der Waals surface area (Å²) in [5.41, 5.74) is 0.0655. The topological polar surface area (TPSA) is 52.1 Å². The van der Waals surface area contributed by atoms with E-state index in [-0.39, 0.29) is 5.54 Å². The number of hydrogen-bond acceptors (Lipinski definition) is 4. The fourth-order valence-electron chi connectivity index (χ4n) is 3.73. The Morgan fingerprint density at radius 2 is 1.92 bits per heavy atom. The lowest BCUT2D eigenvalue weighted by atomic mass is 9.98. The van der Waals surface area contributed by atoms with Crippen molar-refractivity contribution in [3.05, 3.63) is 0 Å². The molecule has 2 heterocycles. The first-order chi connectivity index (χ1) is 12.0. The number of nitrogens with one attached hydrogen (secondary N) is 2. The van der Waals surface area contributed by atoms with E-state index in [1.807, 2.05) is 0 Å². The number of ether oxygens (including phenoxy) is 1. The van der Waals surface area contributed by atoms with Crippen LogP contribution in [-0.4, -0.2) is 86.9 Å². The largest absolute Gasteiger partial charge is 0.379 e. The van der Waals surface area contributed by atoms with Crippen LogP contribution in [0.2, 0.25) is 0 Å². The summed E-state index contributed by atoms with van der Waals surface area (Å²) in [6.07, 6.45) is 2.64. The molecule has 0 spiro atoms. The van der Waals surface area contributed by atoms with Gasteiger partial charge in [0.1, 0.15) is 0 Å². The highest BCUT2D eigenvalue weighted by molar-refractivity contribution is 5.79. The van der Waals surface area contributed by atoms with E-state index in [0.29, 0.717) is 0 Å². The standard InChI is InChI=1S/C19H39N5O/c1-5-20-18(21-14-17-8-7-9-23(6-2)15-17)22-16-19(3,4)24-10-12-25-13-11-24/h17H,5-16H2,1-4H3,(H2,20,21,22). The van der Waals surface area contributed by atoms with Crippen molar-refractivity contribution < 1.29 is 4.74 Å². The number of morpholine rings is 1. The summed E-state index contributed by atoms with van der Waals surface area (Å²) in [4.78, 5) is 9.93. The number of rotatable bonds is 7. The summed E-state index contributed by atoms with van der Waals surface area (Å²) in [5.74, 6) is 1.68. The molecule has 2 rings (SSSR count). The van der Waals surface area contributed by atoms with Gasteiger partial charge in [0.05, 0.1) is 19.8 Å². The number of aliphatic imine (C=N–C) groups is 1. The molecule has 2 fully saturated rings. The molecule has 0 amide bonds. The van der Waals surface area contributed by atoms with E-state index in [1.54, 1.807) is 0 Å². The maximum atomic E-state index is 5.48. The molecule has 0 aromatic heterocycles. The molecule has 2 saturated heterocycles. The lowest BCUT2D eigenvalue weighted by molar-refractivity contribution is -0.00684. The van der Waals surface area contributed by atoms with Crippen molar-refractivity contribution in [1.29, 1.82) is 0 Å². The quantitative estimate of drug-likeness (QED) is 0.535. The lowest BCUT2D eigenvalue weighted by Crippen LogP contribution is -2.52. The molecule has 6 heteroatoms. The minimum atomic E-state index is 0.0655. The highest BCUT2D eigenvalue weighted by Gasteiger charge is 2.28. The van der Waals surface area contributed by atoms with Crippen LogP contribution in [0.3, 0.4) is 0 Å². The summed E-state index contributed by atoms with van der Waals surface area (Å²) in [7, 11) is 0. The molecule has 25 heavy (non-hydrogen) atoms. The Morgan fingerprint density at radius 3 is 2.60 bits per heavy atom. The SMILES string of the molecule is CCNC(=NCC(C)(C)N1CCOCC1)NCC1CCCN(CC)C1. The molecule has 1 atom stereocenters. The number of likely N-dealkylation sites (tertiary alicyclic amines) is 1. The molecule has 2 aliphatic rings. The second-order valence-corrected chi connectivity index (χ2v) is 7.89. The Labute approximate surface area is 154 Å². The summed E-state index contributed by atoms with van der Waals surface area (Å²) in [5, 5.41) is 6.98. The molecular formula is C19H39N5O.